The van der Waals surface area contributed by atoms with E-state index in [0.29, 0.717) is 0 Å². The Morgan fingerprint density at radius 2 is 2.18 bits per heavy atom. The van der Waals surface area contributed by atoms with Gasteiger partial charge in [0.2, 0.25) is 5.91 Å². The van der Waals surface area contributed by atoms with E-state index in [1.54, 1.807) is 0 Å². The van der Waals surface area contributed by atoms with Crippen molar-refractivity contribution in [3.05, 3.63) is 29.6 Å². The Morgan fingerprint density at radius 1 is 1.47 bits per heavy atom. The fourth-order valence-electron chi connectivity index (χ4n) is 1.02. The van der Waals surface area contributed by atoms with E-state index in [9.17, 15) is 18.0 Å². The molecule has 0 saturated carbocycles. The lowest BCUT2D eigenvalue weighted by molar-refractivity contribution is -0.117. The molecule has 0 atom stereocenters. The highest BCUT2D eigenvalue weighted by atomic mass is 19.3. The molecule has 3 nitrogen and oxygen atoms in total. The zero-order valence-electron chi connectivity index (χ0n) is 8.54. The number of ether oxygens (including phenoxy) is 1. The molecule has 1 amide bonds. The van der Waals surface area contributed by atoms with Gasteiger partial charge in [-0.15, -0.1) is 0 Å². The summed E-state index contributed by atoms with van der Waals surface area (Å²) in [5.74, 6) is 3.02. The van der Waals surface area contributed by atoms with Gasteiger partial charge in [-0.1, -0.05) is 11.8 Å². The van der Waals surface area contributed by atoms with E-state index in [-0.39, 0.29) is 17.7 Å². The number of carbonyl (C=O) groups excluding carboxylic acids is 1. The van der Waals surface area contributed by atoms with E-state index in [1.807, 2.05) is 0 Å². The van der Waals surface area contributed by atoms with Crippen LogP contribution in [0.25, 0.3) is 0 Å². The summed E-state index contributed by atoms with van der Waals surface area (Å²) >= 11 is 0. The van der Waals surface area contributed by atoms with Crippen LogP contribution in [0.2, 0.25) is 0 Å². The Hall–Kier alpha value is -2.16. The van der Waals surface area contributed by atoms with Gasteiger partial charge in [0.15, 0.2) is 0 Å². The lowest BCUT2D eigenvalue weighted by atomic mass is 10.2. The Kier molecular flexibility index (Phi) is 4.40. The second-order valence-electron chi connectivity index (χ2n) is 2.96. The van der Waals surface area contributed by atoms with Crippen LogP contribution in [-0.4, -0.2) is 12.5 Å². The zero-order valence-corrected chi connectivity index (χ0v) is 8.54. The number of amides is 1. The first-order valence-corrected chi connectivity index (χ1v) is 4.50. The topological polar surface area (TPSA) is 52.3 Å². The lowest BCUT2D eigenvalue weighted by Gasteiger charge is -2.06. The molecule has 0 spiro atoms. The number of primary amides is 1. The molecule has 6 heteroatoms. The van der Waals surface area contributed by atoms with Crippen molar-refractivity contribution in [2.45, 2.75) is 13.0 Å². The van der Waals surface area contributed by atoms with Crippen LogP contribution in [-0.2, 0) is 4.79 Å². The first kappa shape index (κ1) is 12.9. The van der Waals surface area contributed by atoms with Crippen LogP contribution in [0.5, 0.6) is 5.75 Å². The van der Waals surface area contributed by atoms with E-state index < -0.39 is 18.3 Å². The number of halogens is 3. The fraction of sp³-hybridized carbons (Fsp3) is 0.182. The summed E-state index contributed by atoms with van der Waals surface area (Å²) in [5, 5.41) is 0. The van der Waals surface area contributed by atoms with Gasteiger partial charge in [-0.05, 0) is 12.1 Å². The van der Waals surface area contributed by atoms with Crippen molar-refractivity contribution in [1.29, 1.82) is 0 Å². The van der Waals surface area contributed by atoms with Crippen molar-refractivity contribution in [2.24, 2.45) is 5.73 Å². The summed E-state index contributed by atoms with van der Waals surface area (Å²) in [4.78, 5) is 10.4. The molecule has 2 N–H and O–H groups in total. The molecule has 0 heterocycles. The van der Waals surface area contributed by atoms with Crippen molar-refractivity contribution in [2.75, 3.05) is 0 Å². The standard InChI is InChI=1S/C11H8F3NO2/c12-8-5-4-7(2-1-3-10(15)16)9(6-8)17-11(13)14/h4-6,11H,3H2,(H2,15,16). The Labute approximate surface area is 95.4 Å². The largest absolute Gasteiger partial charge is 0.433 e. The number of alkyl halides is 2. The molecule has 0 aliphatic rings. The maximum absolute atomic E-state index is 12.8. The van der Waals surface area contributed by atoms with Gasteiger partial charge in [-0.2, -0.15) is 8.78 Å². The lowest BCUT2D eigenvalue weighted by Crippen LogP contribution is -2.08. The molecule has 17 heavy (non-hydrogen) atoms. The molecule has 90 valence electrons. The molecule has 0 fully saturated rings. The third-order valence-corrected chi connectivity index (χ3v) is 1.65. The number of rotatable bonds is 3. The summed E-state index contributed by atoms with van der Waals surface area (Å²) in [6, 6.07) is 3.02. The van der Waals surface area contributed by atoms with Crippen LogP contribution in [0.3, 0.4) is 0 Å². The van der Waals surface area contributed by atoms with Crippen molar-refractivity contribution in [3.8, 4) is 17.6 Å². The monoisotopic (exact) mass is 243 g/mol. The first-order valence-electron chi connectivity index (χ1n) is 4.50. The Balaban J connectivity index is 2.96. The molecular weight excluding hydrogens is 235 g/mol. The second-order valence-corrected chi connectivity index (χ2v) is 2.96. The third kappa shape index (κ3) is 4.47. The maximum Gasteiger partial charge on any atom is 0.387 e. The van der Waals surface area contributed by atoms with E-state index in [2.05, 4.69) is 16.6 Å². The molecule has 0 unspecified atom stereocenters. The highest BCUT2D eigenvalue weighted by Crippen LogP contribution is 2.21. The minimum Gasteiger partial charge on any atom is -0.433 e. The van der Waals surface area contributed by atoms with Crippen LogP contribution >= 0.6 is 0 Å². The second kappa shape index (κ2) is 5.80. The van der Waals surface area contributed by atoms with Crippen LogP contribution in [0, 0.1) is 17.7 Å². The number of hydrogen-bond donors (Lipinski definition) is 1. The van der Waals surface area contributed by atoms with Crippen molar-refractivity contribution in [1.82, 2.24) is 0 Å². The zero-order chi connectivity index (χ0) is 12.8. The van der Waals surface area contributed by atoms with Crippen molar-refractivity contribution < 1.29 is 22.7 Å². The van der Waals surface area contributed by atoms with E-state index in [0.717, 1.165) is 12.1 Å². The van der Waals surface area contributed by atoms with Gasteiger partial charge in [0.05, 0.1) is 12.0 Å². The average Bonchev–Trinajstić information content (AvgIpc) is 2.20. The number of nitrogens with two attached hydrogens (primary N) is 1. The molecule has 1 rings (SSSR count). The Bertz CT molecular complexity index is 477. The van der Waals surface area contributed by atoms with Crippen LogP contribution in [0.1, 0.15) is 12.0 Å². The van der Waals surface area contributed by atoms with Crippen LogP contribution in [0.4, 0.5) is 13.2 Å². The summed E-state index contributed by atoms with van der Waals surface area (Å²) in [5.41, 5.74) is 4.91. The van der Waals surface area contributed by atoms with Gasteiger partial charge >= 0.3 is 6.61 Å². The minimum absolute atomic E-state index is 0.0629. The highest BCUT2D eigenvalue weighted by molar-refractivity contribution is 5.76. The summed E-state index contributed by atoms with van der Waals surface area (Å²) < 4.78 is 40.9. The van der Waals surface area contributed by atoms with E-state index in [1.165, 1.54) is 6.07 Å². The molecule has 0 aliphatic heterocycles. The molecule has 0 bridgehead atoms. The van der Waals surface area contributed by atoms with Gasteiger partial charge < -0.3 is 10.5 Å². The molecule has 0 radical (unpaired) electrons. The minimum atomic E-state index is -3.08. The predicted molar refractivity (Wildman–Crippen MR) is 53.7 cm³/mol. The van der Waals surface area contributed by atoms with Gasteiger partial charge in [-0.3, -0.25) is 4.79 Å². The fourth-order valence-corrected chi connectivity index (χ4v) is 1.02. The summed E-state index contributed by atoms with van der Waals surface area (Å²) in [6.07, 6.45) is -0.217. The quantitative estimate of drug-likeness (QED) is 0.821. The van der Waals surface area contributed by atoms with Gasteiger partial charge in [0.25, 0.3) is 0 Å². The average molecular weight is 243 g/mol. The number of benzene rings is 1. The van der Waals surface area contributed by atoms with Crippen molar-refractivity contribution in [3.63, 3.8) is 0 Å². The maximum atomic E-state index is 12.8. The smallest absolute Gasteiger partial charge is 0.387 e. The van der Waals surface area contributed by atoms with Gasteiger partial charge in [0.1, 0.15) is 11.6 Å². The van der Waals surface area contributed by atoms with Crippen LogP contribution in [0.15, 0.2) is 18.2 Å². The SMILES string of the molecule is NC(=O)CC#Cc1ccc(F)cc1OC(F)F. The molecule has 1 aromatic rings. The molecule has 0 saturated heterocycles. The van der Waals surface area contributed by atoms with Crippen LogP contribution < -0.4 is 10.5 Å². The van der Waals surface area contributed by atoms with Gasteiger partial charge in [0, 0.05) is 6.07 Å². The summed E-state index contributed by atoms with van der Waals surface area (Å²) in [7, 11) is 0. The van der Waals surface area contributed by atoms with E-state index >= 15 is 0 Å². The molecule has 1 aromatic carbocycles. The normalized spacial score (nSPS) is 9.65. The summed E-state index contributed by atoms with van der Waals surface area (Å²) in [6.45, 7) is -3.08. The number of hydrogen-bond acceptors (Lipinski definition) is 2. The molecule has 0 aromatic heterocycles. The predicted octanol–water partition coefficient (Wildman–Crippen LogP) is 1.65. The first-order chi connectivity index (χ1) is 7.99. The highest BCUT2D eigenvalue weighted by Gasteiger charge is 2.09. The molecular formula is C11H8F3NO2. The van der Waals surface area contributed by atoms with Gasteiger partial charge in [-0.25, -0.2) is 4.39 Å². The van der Waals surface area contributed by atoms with Crippen molar-refractivity contribution >= 4 is 5.91 Å². The number of carbonyl (C=O) groups is 1. The Morgan fingerprint density at radius 3 is 2.76 bits per heavy atom. The molecule has 0 aliphatic carbocycles. The third-order valence-electron chi connectivity index (χ3n) is 1.65. The van der Waals surface area contributed by atoms with E-state index in [4.69, 9.17) is 5.73 Å².